The van der Waals surface area contributed by atoms with Crippen molar-refractivity contribution in [1.82, 2.24) is 16.0 Å². The third-order valence-corrected chi connectivity index (χ3v) is 5.73. The van der Waals surface area contributed by atoms with Crippen molar-refractivity contribution in [2.75, 3.05) is 51.1 Å². The molecule has 1 aliphatic rings. The summed E-state index contributed by atoms with van der Waals surface area (Å²) in [6.45, 7) is 5.45. The molecule has 0 spiro atoms. The summed E-state index contributed by atoms with van der Waals surface area (Å²) in [6.07, 6.45) is 4.19. The summed E-state index contributed by atoms with van der Waals surface area (Å²) in [7, 11) is 0. The maximum atomic E-state index is 13.0. The minimum absolute atomic E-state index is 0. The molecule has 0 aliphatic heterocycles. The second kappa shape index (κ2) is 15.4. The van der Waals surface area contributed by atoms with Crippen molar-refractivity contribution in [2.45, 2.75) is 25.7 Å². The van der Waals surface area contributed by atoms with Crippen LogP contribution in [0.1, 0.15) is 57.5 Å². The zero-order valence-electron chi connectivity index (χ0n) is 20.0. The number of hydrogen-bond donors (Lipinski definition) is 5. The molecule has 0 bridgehead atoms. The second-order valence-electron chi connectivity index (χ2n) is 8.36. The minimum Gasteiger partial charge on any atom is -0.330 e. The molecule has 2 aromatic carbocycles. The number of nitrogens with two attached hydrogens (primary N) is 1. The maximum absolute atomic E-state index is 13.0. The summed E-state index contributed by atoms with van der Waals surface area (Å²) < 4.78 is 0. The number of ketones is 2. The SMILES string of the molecule is Cl.NCCCNCCCCNCCCNCC(=O)Nc1cccc2c1C(=O)c1ccccc1C2=O. The van der Waals surface area contributed by atoms with Gasteiger partial charge in [0.2, 0.25) is 5.91 Å². The second-order valence-corrected chi connectivity index (χ2v) is 8.36. The van der Waals surface area contributed by atoms with Crippen LogP contribution in [-0.4, -0.2) is 63.3 Å². The van der Waals surface area contributed by atoms with Crippen LogP contribution in [-0.2, 0) is 4.79 Å². The number of rotatable bonds is 15. The lowest BCUT2D eigenvalue weighted by Crippen LogP contribution is -2.31. The van der Waals surface area contributed by atoms with Gasteiger partial charge in [0.1, 0.15) is 0 Å². The molecule has 3 rings (SSSR count). The van der Waals surface area contributed by atoms with Crippen molar-refractivity contribution >= 4 is 35.6 Å². The third kappa shape index (κ3) is 8.23. The molecule has 0 atom stereocenters. The van der Waals surface area contributed by atoms with E-state index in [-0.39, 0.29) is 42.0 Å². The van der Waals surface area contributed by atoms with Crippen LogP contribution in [0.4, 0.5) is 5.69 Å². The lowest BCUT2D eigenvalue weighted by molar-refractivity contribution is -0.115. The molecule has 2 aromatic rings. The highest BCUT2D eigenvalue weighted by Gasteiger charge is 2.31. The standard InChI is InChI=1S/C26H35N5O3.ClH/c27-12-6-15-28-13-3-4-14-29-16-7-17-30-18-23(32)31-22-11-5-10-21-24(22)26(34)20-9-2-1-8-19(20)25(21)33;/h1-2,5,8-11,28-30H,3-4,6-7,12-18,27H2,(H,31,32);1H. The predicted octanol–water partition coefficient (Wildman–Crippen LogP) is 2.11. The number of nitrogens with one attached hydrogen (secondary N) is 4. The number of anilines is 1. The number of halogens is 1. The largest absolute Gasteiger partial charge is 0.330 e. The minimum atomic E-state index is -0.248. The van der Waals surface area contributed by atoms with Crippen molar-refractivity contribution in [3.63, 3.8) is 0 Å². The zero-order valence-corrected chi connectivity index (χ0v) is 20.8. The number of fused-ring (bicyclic) bond motifs is 2. The van der Waals surface area contributed by atoms with Crippen LogP contribution in [0.3, 0.4) is 0 Å². The first-order valence-electron chi connectivity index (χ1n) is 12.1. The van der Waals surface area contributed by atoms with Gasteiger partial charge in [0.05, 0.1) is 17.8 Å². The Bertz CT molecular complexity index is 999. The monoisotopic (exact) mass is 501 g/mol. The van der Waals surface area contributed by atoms with Crippen LogP contribution >= 0.6 is 12.4 Å². The van der Waals surface area contributed by atoms with Crippen LogP contribution in [0.5, 0.6) is 0 Å². The molecule has 0 heterocycles. The zero-order chi connectivity index (χ0) is 24.2. The highest BCUT2D eigenvalue weighted by Crippen LogP contribution is 2.31. The number of unbranched alkanes of at least 4 members (excludes halogenated alkanes) is 1. The third-order valence-electron chi connectivity index (χ3n) is 5.73. The van der Waals surface area contributed by atoms with Gasteiger partial charge in [-0.15, -0.1) is 12.4 Å². The Labute approximate surface area is 213 Å². The van der Waals surface area contributed by atoms with E-state index in [4.69, 9.17) is 5.73 Å². The summed E-state index contributed by atoms with van der Waals surface area (Å²) in [4.78, 5) is 38.3. The fourth-order valence-corrected chi connectivity index (χ4v) is 3.96. The fraction of sp³-hybridized carbons (Fsp3) is 0.423. The molecule has 1 aliphatic carbocycles. The first-order chi connectivity index (χ1) is 16.6. The molecular formula is C26H36ClN5O3. The van der Waals surface area contributed by atoms with Gasteiger partial charge in [-0.3, -0.25) is 14.4 Å². The molecular weight excluding hydrogens is 466 g/mol. The van der Waals surface area contributed by atoms with Crippen LogP contribution in [0.15, 0.2) is 42.5 Å². The van der Waals surface area contributed by atoms with Crippen molar-refractivity contribution in [1.29, 1.82) is 0 Å². The first-order valence-corrected chi connectivity index (χ1v) is 12.1. The van der Waals surface area contributed by atoms with Gasteiger partial charge in [0.15, 0.2) is 11.6 Å². The quantitative estimate of drug-likeness (QED) is 0.202. The van der Waals surface area contributed by atoms with Crippen molar-refractivity contribution in [3.8, 4) is 0 Å². The van der Waals surface area contributed by atoms with Crippen molar-refractivity contribution in [3.05, 3.63) is 64.7 Å². The topological polar surface area (TPSA) is 125 Å². The molecule has 190 valence electrons. The van der Waals surface area contributed by atoms with Gasteiger partial charge in [-0.2, -0.15) is 0 Å². The lowest BCUT2D eigenvalue weighted by Gasteiger charge is -2.20. The number of benzene rings is 2. The highest BCUT2D eigenvalue weighted by molar-refractivity contribution is 6.30. The Morgan fingerprint density at radius 2 is 1.26 bits per heavy atom. The molecule has 1 amide bonds. The highest BCUT2D eigenvalue weighted by atomic mass is 35.5. The van der Waals surface area contributed by atoms with Crippen molar-refractivity contribution in [2.24, 2.45) is 5.73 Å². The summed E-state index contributed by atoms with van der Waals surface area (Å²) in [5.41, 5.74) is 7.19. The van der Waals surface area contributed by atoms with Crippen LogP contribution in [0.2, 0.25) is 0 Å². The van der Waals surface area contributed by atoms with Crippen molar-refractivity contribution < 1.29 is 14.4 Å². The first kappa shape index (κ1) is 28.6. The Balaban J connectivity index is 0.00000432. The van der Waals surface area contributed by atoms with E-state index in [0.717, 1.165) is 58.4 Å². The van der Waals surface area contributed by atoms with E-state index in [0.29, 0.717) is 28.9 Å². The van der Waals surface area contributed by atoms with E-state index in [2.05, 4.69) is 21.3 Å². The number of carbonyl (C=O) groups is 3. The molecule has 0 saturated carbocycles. The Kier molecular flexibility index (Phi) is 12.6. The average Bonchev–Trinajstić information content (AvgIpc) is 2.85. The van der Waals surface area contributed by atoms with E-state index in [9.17, 15) is 14.4 Å². The molecule has 0 unspecified atom stereocenters. The van der Waals surface area contributed by atoms with Gasteiger partial charge in [0.25, 0.3) is 0 Å². The normalized spacial score (nSPS) is 12.0. The molecule has 0 saturated heterocycles. The van der Waals surface area contributed by atoms with Gasteiger partial charge in [-0.1, -0.05) is 36.4 Å². The molecule has 0 radical (unpaired) electrons. The number of hydrogen-bond acceptors (Lipinski definition) is 7. The Hall–Kier alpha value is -2.62. The molecule has 35 heavy (non-hydrogen) atoms. The fourth-order valence-electron chi connectivity index (χ4n) is 3.96. The van der Waals surface area contributed by atoms with E-state index in [1.807, 2.05) is 0 Å². The number of carbonyl (C=O) groups excluding carboxylic acids is 3. The van der Waals surface area contributed by atoms with Crippen LogP contribution in [0.25, 0.3) is 0 Å². The summed E-state index contributed by atoms with van der Waals surface area (Å²) in [6, 6.07) is 11.8. The van der Waals surface area contributed by atoms with Crippen LogP contribution in [0, 0.1) is 0 Å². The summed E-state index contributed by atoms with van der Waals surface area (Å²) >= 11 is 0. The van der Waals surface area contributed by atoms with E-state index < -0.39 is 0 Å². The number of amides is 1. The van der Waals surface area contributed by atoms with Gasteiger partial charge >= 0.3 is 0 Å². The van der Waals surface area contributed by atoms with Gasteiger partial charge in [-0.25, -0.2) is 0 Å². The summed E-state index contributed by atoms with van der Waals surface area (Å²) in [5, 5.41) is 12.7. The van der Waals surface area contributed by atoms with E-state index >= 15 is 0 Å². The van der Waals surface area contributed by atoms with Gasteiger partial charge in [-0.05, 0) is 71.0 Å². The lowest BCUT2D eigenvalue weighted by atomic mass is 9.83. The van der Waals surface area contributed by atoms with Gasteiger partial charge in [0, 0.05) is 16.7 Å². The summed E-state index contributed by atoms with van der Waals surface area (Å²) in [5.74, 6) is -0.691. The Morgan fingerprint density at radius 3 is 1.94 bits per heavy atom. The average molecular weight is 502 g/mol. The maximum Gasteiger partial charge on any atom is 0.238 e. The van der Waals surface area contributed by atoms with E-state index in [1.54, 1.807) is 42.5 Å². The molecule has 0 aromatic heterocycles. The smallest absolute Gasteiger partial charge is 0.238 e. The van der Waals surface area contributed by atoms with Gasteiger partial charge < -0.3 is 27.0 Å². The van der Waals surface area contributed by atoms with Crippen LogP contribution < -0.4 is 27.0 Å². The molecule has 0 fully saturated rings. The molecule has 6 N–H and O–H groups in total. The predicted molar refractivity (Wildman–Crippen MR) is 142 cm³/mol. The molecule has 9 heteroatoms. The van der Waals surface area contributed by atoms with E-state index in [1.165, 1.54) is 0 Å². The Morgan fingerprint density at radius 1 is 0.686 bits per heavy atom. The molecule has 8 nitrogen and oxygen atoms in total.